The Balaban J connectivity index is 1.56. The van der Waals surface area contributed by atoms with Gasteiger partial charge in [-0.2, -0.15) is 0 Å². The zero-order chi connectivity index (χ0) is 16.2. The van der Waals surface area contributed by atoms with E-state index < -0.39 is 0 Å². The predicted octanol–water partition coefficient (Wildman–Crippen LogP) is 3.82. The first-order chi connectivity index (χ1) is 11.1. The van der Waals surface area contributed by atoms with E-state index in [9.17, 15) is 4.79 Å². The SMILES string of the molecule is Cc1ccc(C2CCCN2CC(=O)NCc2ccccc2C)s1. The monoisotopic (exact) mass is 328 g/mol. The molecule has 122 valence electrons. The number of hydrogen-bond acceptors (Lipinski definition) is 3. The van der Waals surface area contributed by atoms with Crippen LogP contribution in [0.1, 0.15) is 39.8 Å². The fraction of sp³-hybridized carbons (Fsp3) is 0.421. The summed E-state index contributed by atoms with van der Waals surface area (Å²) in [5.74, 6) is 0.119. The van der Waals surface area contributed by atoms with Crippen LogP contribution in [-0.2, 0) is 11.3 Å². The quantitative estimate of drug-likeness (QED) is 0.905. The van der Waals surface area contributed by atoms with Gasteiger partial charge in [0.2, 0.25) is 5.91 Å². The summed E-state index contributed by atoms with van der Waals surface area (Å²) in [7, 11) is 0. The van der Waals surface area contributed by atoms with Crippen molar-refractivity contribution in [3.8, 4) is 0 Å². The van der Waals surface area contributed by atoms with Crippen LogP contribution in [0.5, 0.6) is 0 Å². The van der Waals surface area contributed by atoms with Crippen LogP contribution in [-0.4, -0.2) is 23.9 Å². The van der Waals surface area contributed by atoms with Gasteiger partial charge in [0.25, 0.3) is 0 Å². The van der Waals surface area contributed by atoms with Crippen molar-refractivity contribution in [3.63, 3.8) is 0 Å². The summed E-state index contributed by atoms with van der Waals surface area (Å²) in [6, 6.07) is 13.0. The second-order valence-electron chi connectivity index (χ2n) is 6.28. The topological polar surface area (TPSA) is 32.3 Å². The Morgan fingerprint density at radius 1 is 1.26 bits per heavy atom. The largest absolute Gasteiger partial charge is 0.351 e. The Morgan fingerprint density at radius 3 is 2.83 bits per heavy atom. The number of rotatable bonds is 5. The van der Waals surface area contributed by atoms with Gasteiger partial charge in [0.05, 0.1) is 6.54 Å². The smallest absolute Gasteiger partial charge is 0.234 e. The molecule has 1 amide bonds. The standard InChI is InChI=1S/C19H24N2OS/c1-14-6-3-4-7-16(14)12-20-19(22)13-21-11-5-8-17(21)18-10-9-15(2)23-18/h3-4,6-7,9-10,17H,5,8,11-13H2,1-2H3,(H,20,22). The normalized spacial score (nSPS) is 18.3. The first-order valence-electron chi connectivity index (χ1n) is 8.25. The van der Waals surface area contributed by atoms with Gasteiger partial charge in [-0.3, -0.25) is 9.69 Å². The van der Waals surface area contributed by atoms with Gasteiger partial charge >= 0.3 is 0 Å². The van der Waals surface area contributed by atoms with Crippen molar-refractivity contribution in [2.45, 2.75) is 39.3 Å². The number of carbonyl (C=O) groups excluding carboxylic acids is 1. The molecule has 3 nitrogen and oxygen atoms in total. The van der Waals surface area contributed by atoms with Crippen molar-refractivity contribution in [1.29, 1.82) is 0 Å². The summed E-state index contributed by atoms with van der Waals surface area (Å²) in [5, 5.41) is 3.07. The maximum Gasteiger partial charge on any atom is 0.234 e. The molecule has 2 heterocycles. The predicted molar refractivity (Wildman–Crippen MR) is 95.6 cm³/mol. The van der Waals surface area contributed by atoms with E-state index in [-0.39, 0.29) is 5.91 Å². The van der Waals surface area contributed by atoms with Gasteiger partial charge in [-0.15, -0.1) is 11.3 Å². The van der Waals surface area contributed by atoms with Gasteiger partial charge in [0, 0.05) is 22.3 Å². The van der Waals surface area contributed by atoms with Crippen molar-refractivity contribution in [2.24, 2.45) is 0 Å². The highest BCUT2D eigenvalue weighted by Crippen LogP contribution is 2.35. The lowest BCUT2D eigenvalue weighted by Gasteiger charge is -2.23. The van der Waals surface area contributed by atoms with E-state index >= 15 is 0 Å². The highest BCUT2D eigenvalue weighted by atomic mass is 32.1. The van der Waals surface area contributed by atoms with E-state index in [1.165, 1.54) is 27.3 Å². The molecule has 23 heavy (non-hydrogen) atoms. The lowest BCUT2D eigenvalue weighted by molar-refractivity contribution is -0.122. The van der Waals surface area contributed by atoms with E-state index in [0.717, 1.165) is 13.0 Å². The minimum atomic E-state index is 0.119. The van der Waals surface area contributed by atoms with Crippen LogP contribution in [0, 0.1) is 13.8 Å². The minimum absolute atomic E-state index is 0.119. The Morgan fingerprint density at radius 2 is 2.09 bits per heavy atom. The summed E-state index contributed by atoms with van der Waals surface area (Å²) in [5.41, 5.74) is 2.41. The van der Waals surface area contributed by atoms with E-state index in [4.69, 9.17) is 0 Å². The summed E-state index contributed by atoms with van der Waals surface area (Å²) in [6.45, 7) is 6.34. The van der Waals surface area contributed by atoms with E-state index in [1.54, 1.807) is 0 Å². The second kappa shape index (κ2) is 7.28. The number of hydrogen-bond donors (Lipinski definition) is 1. The molecule has 0 aliphatic carbocycles. The van der Waals surface area contributed by atoms with Crippen molar-refractivity contribution < 1.29 is 4.79 Å². The lowest BCUT2D eigenvalue weighted by atomic mass is 10.1. The molecule has 1 aromatic heterocycles. The van der Waals surface area contributed by atoms with E-state index in [0.29, 0.717) is 19.1 Å². The molecular weight excluding hydrogens is 304 g/mol. The molecule has 2 aromatic rings. The number of nitrogens with zero attached hydrogens (tertiary/aromatic N) is 1. The number of thiophene rings is 1. The number of aryl methyl sites for hydroxylation is 2. The summed E-state index contributed by atoms with van der Waals surface area (Å²) in [6.07, 6.45) is 2.33. The van der Waals surface area contributed by atoms with Gasteiger partial charge in [0.15, 0.2) is 0 Å². The van der Waals surface area contributed by atoms with Crippen molar-refractivity contribution in [2.75, 3.05) is 13.1 Å². The van der Waals surface area contributed by atoms with Crippen LogP contribution < -0.4 is 5.32 Å². The fourth-order valence-corrected chi connectivity index (χ4v) is 4.26. The molecule has 0 bridgehead atoms. The number of likely N-dealkylation sites (tertiary alicyclic amines) is 1. The molecule has 0 saturated carbocycles. The molecule has 0 spiro atoms. The lowest BCUT2D eigenvalue weighted by Crippen LogP contribution is -2.36. The fourth-order valence-electron chi connectivity index (χ4n) is 3.21. The molecule has 1 fully saturated rings. The molecule has 1 N–H and O–H groups in total. The number of carbonyl (C=O) groups is 1. The van der Waals surface area contributed by atoms with Crippen LogP contribution >= 0.6 is 11.3 Å². The van der Waals surface area contributed by atoms with Gasteiger partial charge in [-0.1, -0.05) is 24.3 Å². The van der Waals surface area contributed by atoms with Crippen LogP contribution in [0.3, 0.4) is 0 Å². The zero-order valence-electron chi connectivity index (χ0n) is 13.8. The Kier molecular flexibility index (Phi) is 5.13. The summed E-state index contributed by atoms with van der Waals surface area (Å²) < 4.78 is 0. The third-order valence-electron chi connectivity index (χ3n) is 4.54. The Labute approximate surface area is 142 Å². The van der Waals surface area contributed by atoms with Crippen LogP contribution in [0.4, 0.5) is 0 Å². The molecule has 4 heteroatoms. The molecule has 1 aliphatic heterocycles. The second-order valence-corrected chi connectivity index (χ2v) is 7.60. The average molecular weight is 328 g/mol. The number of nitrogens with one attached hydrogen (secondary N) is 1. The maximum absolute atomic E-state index is 12.3. The first-order valence-corrected chi connectivity index (χ1v) is 9.07. The van der Waals surface area contributed by atoms with Crippen molar-refractivity contribution in [3.05, 3.63) is 57.3 Å². The third-order valence-corrected chi connectivity index (χ3v) is 5.64. The van der Waals surface area contributed by atoms with E-state index in [1.807, 2.05) is 23.5 Å². The molecular formula is C19H24N2OS. The van der Waals surface area contributed by atoms with Crippen LogP contribution in [0.2, 0.25) is 0 Å². The molecule has 0 radical (unpaired) electrons. The van der Waals surface area contributed by atoms with Crippen molar-refractivity contribution in [1.82, 2.24) is 10.2 Å². The summed E-state index contributed by atoms with van der Waals surface area (Å²) >= 11 is 1.85. The first kappa shape index (κ1) is 16.2. The van der Waals surface area contributed by atoms with Crippen molar-refractivity contribution >= 4 is 17.2 Å². The maximum atomic E-state index is 12.3. The van der Waals surface area contributed by atoms with Gasteiger partial charge < -0.3 is 5.32 Å². The highest BCUT2D eigenvalue weighted by Gasteiger charge is 2.28. The highest BCUT2D eigenvalue weighted by molar-refractivity contribution is 7.12. The van der Waals surface area contributed by atoms with Crippen LogP contribution in [0.25, 0.3) is 0 Å². The summed E-state index contributed by atoms with van der Waals surface area (Å²) in [4.78, 5) is 17.4. The molecule has 1 aromatic carbocycles. The molecule has 1 atom stereocenters. The third kappa shape index (κ3) is 4.01. The van der Waals surface area contributed by atoms with Gasteiger partial charge in [0.1, 0.15) is 0 Å². The number of amides is 1. The zero-order valence-corrected chi connectivity index (χ0v) is 14.7. The average Bonchev–Trinajstić information content (AvgIpc) is 3.15. The Hall–Kier alpha value is -1.65. The molecule has 3 rings (SSSR count). The minimum Gasteiger partial charge on any atom is -0.351 e. The molecule has 1 unspecified atom stereocenters. The van der Waals surface area contributed by atoms with Gasteiger partial charge in [-0.25, -0.2) is 0 Å². The number of benzene rings is 1. The van der Waals surface area contributed by atoms with E-state index in [2.05, 4.69) is 48.3 Å². The molecule has 1 saturated heterocycles. The molecule has 1 aliphatic rings. The Bertz CT molecular complexity index is 680. The van der Waals surface area contributed by atoms with Crippen LogP contribution in [0.15, 0.2) is 36.4 Å². The van der Waals surface area contributed by atoms with Gasteiger partial charge in [-0.05, 0) is 56.5 Å².